The molecule has 0 aliphatic heterocycles. The topological polar surface area (TPSA) is 65.7 Å². The Morgan fingerprint density at radius 3 is 2.38 bits per heavy atom. The van der Waals surface area contributed by atoms with E-state index in [0.717, 1.165) is 28.0 Å². The van der Waals surface area contributed by atoms with Gasteiger partial charge in [0.1, 0.15) is 5.75 Å². The maximum absolute atomic E-state index is 5.22. The van der Waals surface area contributed by atoms with Crippen molar-refractivity contribution in [2.75, 3.05) is 7.11 Å². The van der Waals surface area contributed by atoms with Crippen molar-refractivity contribution in [3.05, 3.63) is 78.5 Å². The lowest BCUT2D eigenvalue weighted by atomic mass is 10.0. The SMILES string of the molecule is COc1ccc(-n2nnnc2SCc2nc3ccccc3c3ccccc23)cc1. The number of aromatic nitrogens is 5. The molecule has 0 spiro atoms. The van der Waals surface area contributed by atoms with Crippen LogP contribution in [0.3, 0.4) is 0 Å². The van der Waals surface area contributed by atoms with Gasteiger partial charge >= 0.3 is 0 Å². The quantitative estimate of drug-likeness (QED) is 0.316. The molecule has 0 atom stereocenters. The van der Waals surface area contributed by atoms with Crippen molar-refractivity contribution >= 4 is 33.4 Å². The summed E-state index contributed by atoms with van der Waals surface area (Å²) >= 11 is 1.57. The minimum Gasteiger partial charge on any atom is -0.497 e. The summed E-state index contributed by atoms with van der Waals surface area (Å²) in [5.41, 5.74) is 2.90. The highest BCUT2D eigenvalue weighted by Gasteiger charge is 2.13. The molecule has 0 fully saturated rings. The second kappa shape index (κ2) is 7.52. The van der Waals surface area contributed by atoms with E-state index in [0.29, 0.717) is 10.9 Å². The molecule has 3 aromatic carbocycles. The summed E-state index contributed by atoms with van der Waals surface area (Å²) < 4.78 is 6.95. The summed E-state index contributed by atoms with van der Waals surface area (Å²) in [4.78, 5) is 4.91. The second-order valence-corrected chi connectivity index (χ2v) is 7.42. The molecule has 0 radical (unpaired) electrons. The molecule has 2 aromatic heterocycles. The first-order valence-electron chi connectivity index (χ1n) is 9.15. The van der Waals surface area contributed by atoms with E-state index in [1.807, 2.05) is 42.5 Å². The van der Waals surface area contributed by atoms with Gasteiger partial charge < -0.3 is 4.74 Å². The highest BCUT2D eigenvalue weighted by Crippen LogP contribution is 2.30. The molecule has 5 rings (SSSR count). The molecular formula is C22H17N5OS. The average molecular weight is 399 g/mol. The highest BCUT2D eigenvalue weighted by molar-refractivity contribution is 7.98. The van der Waals surface area contributed by atoms with Gasteiger partial charge in [-0.1, -0.05) is 54.2 Å². The van der Waals surface area contributed by atoms with Crippen molar-refractivity contribution in [1.82, 2.24) is 25.2 Å². The molecule has 0 unspecified atom stereocenters. The van der Waals surface area contributed by atoms with E-state index < -0.39 is 0 Å². The van der Waals surface area contributed by atoms with Crippen LogP contribution in [0.4, 0.5) is 0 Å². The molecule has 0 amide bonds. The Bertz CT molecular complexity index is 1300. The fourth-order valence-electron chi connectivity index (χ4n) is 3.37. The van der Waals surface area contributed by atoms with Crippen LogP contribution < -0.4 is 4.74 Å². The number of rotatable bonds is 5. The van der Waals surface area contributed by atoms with E-state index in [1.54, 1.807) is 23.6 Å². The number of hydrogen-bond acceptors (Lipinski definition) is 6. The first-order valence-corrected chi connectivity index (χ1v) is 10.1. The third-order valence-electron chi connectivity index (χ3n) is 4.78. The minimum atomic E-state index is 0.669. The molecular weight excluding hydrogens is 382 g/mol. The van der Waals surface area contributed by atoms with Crippen molar-refractivity contribution in [2.24, 2.45) is 0 Å². The van der Waals surface area contributed by atoms with Crippen LogP contribution in [-0.4, -0.2) is 32.3 Å². The Morgan fingerprint density at radius 1 is 0.862 bits per heavy atom. The second-order valence-electron chi connectivity index (χ2n) is 6.48. The number of methoxy groups -OCH3 is 1. The van der Waals surface area contributed by atoms with Gasteiger partial charge in [-0.05, 0) is 46.1 Å². The summed E-state index contributed by atoms with van der Waals surface area (Å²) in [6.07, 6.45) is 0. The summed E-state index contributed by atoms with van der Waals surface area (Å²) in [7, 11) is 1.65. The maximum Gasteiger partial charge on any atom is 0.214 e. The summed E-state index contributed by atoms with van der Waals surface area (Å²) in [5.74, 6) is 1.46. The van der Waals surface area contributed by atoms with Crippen molar-refractivity contribution < 1.29 is 4.74 Å². The van der Waals surface area contributed by atoms with E-state index in [4.69, 9.17) is 9.72 Å². The normalized spacial score (nSPS) is 11.2. The number of para-hydroxylation sites is 1. The van der Waals surface area contributed by atoms with Crippen LogP contribution in [0, 0.1) is 0 Å². The van der Waals surface area contributed by atoms with Crippen molar-refractivity contribution in [2.45, 2.75) is 10.9 Å². The molecule has 0 bridgehead atoms. The molecule has 0 aliphatic rings. The van der Waals surface area contributed by atoms with Crippen molar-refractivity contribution in [1.29, 1.82) is 0 Å². The Balaban J connectivity index is 1.49. The van der Waals surface area contributed by atoms with Crippen LogP contribution in [0.25, 0.3) is 27.4 Å². The lowest BCUT2D eigenvalue weighted by Gasteiger charge is -2.09. The third kappa shape index (κ3) is 3.30. The van der Waals surface area contributed by atoms with Gasteiger partial charge in [-0.2, -0.15) is 4.68 Å². The van der Waals surface area contributed by atoms with Crippen LogP contribution in [0.5, 0.6) is 5.75 Å². The van der Waals surface area contributed by atoms with Gasteiger partial charge in [-0.25, -0.2) is 0 Å². The van der Waals surface area contributed by atoms with E-state index in [2.05, 4.69) is 45.9 Å². The predicted octanol–water partition coefficient (Wildman–Crippen LogP) is 4.66. The average Bonchev–Trinajstić information content (AvgIpc) is 3.26. The fourth-order valence-corrected chi connectivity index (χ4v) is 4.22. The first kappa shape index (κ1) is 17.6. The molecule has 2 heterocycles. The number of hydrogen-bond donors (Lipinski definition) is 0. The van der Waals surface area contributed by atoms with E-state index >= 15 is 0 Å². The zero-order valence-electron chi connectivity index (χ0n) is 15.7. The molecule has 0 saturated carbocycles. The van der Waals surface area contributed by atoms with Crippen molar-refractivity contribution in [3.63, 3.8) is 0 Å². The van der Waals surface area contributed by atoms with Gasteiger partial charge in [0.2, 0.25) is 5.16 Å². The van der Waals surface area contributed by atoms with Crippen molar-refractivity contribution in [3.8, 4) is 11.4 Å². The van der Waals surface area contributed by atoms with Crippen LogP contribution in [-0.2, 0) is 5.75 Å². The van der Waals surface area contributed by atoms with Crippen LogP contribution in [0.15, 0.2) is 78.0 Å². The van der Waals surface area contributed by atoms with E-state index in [1.165, 1.54) is 10.8 Å². The van der Waals surface area contributed by atoms with E-state index in [-0.39, 0.29) is 0 Å². The Morgan fingerprint density at radius 2 is 1.59 bits per heavy atom. The summed E-state index contributed by atoms with van der Waals surface area (Å²) in [6, 6.07) is 24.3. The molecule has 0 saturated heterocycles. The number of nitrogens with zero attached hydrogens (tertiary/aromatic N) is 5. The number of tetrazole rings is 1. The number of pyridine rings is 1. The van der Waals surface area contributed by atoms with Crippen LogP contribution in [0.1, 0.15) is 5.69 Å². The van der Waals surface area contributed by atoms with Gasteiger partial charge in [-0.3, -0.25) is 4.98 Å². The van der Waals surface area contributed by atoms with Gasteiger partial charge in [0.25, 0.3) is 0 Å². The Hall–Kier alpha value is -3.45. The number of fused-ring (bicyclic) bond motifs is 3. The highest BCUT2D eigenvalue weighted by atomic mass is 32.2. The molecule has 142 valence electrons. The largest absolute Gasteiger partial charge is 0.497 e. The van der Waals surface area contributed by atoms with E-state index in [9.17, 15) is 0 Å². The number of thioether (sulfide) groups is 1. The Labute approximate surface area is 171 Å². The molecule has 29 heavy (non-hydrogen) atoms. The fraction of sp³-hybridized carbons (Fsp3) is 0.0909. The number of benzene rings is 3. The number of ether oxygens (including phenoxy) is 1. The monoisotopic (exact) mass is 399 g/mol. The molecule has 0 N–H and O–H groups in total. The van der Waals surface area contributed by atoms with Crippen LogP contribution >= 0.6 is 11.8 Å². The van der Waals surface area contributed by atoms with Crippen LogP contribution in [0.2, 0.25) is 0 Å². The lowest BCUT2D eigenvalue weighted by Crippen LogP contribution is -2.00. The van der Waals surface area contributed by atoms with Gasteiger partial charge in [0.05, 0.1) is 24.0 Å². The van der Waals surface area contributed by atoms with Gasteiger partial charge in [-0.15, -0.1) is 5.10 Å². The Kier molecular flexibility index (Phi) is 4.57. The summed E-state index contributed by atoms with van der Waals surface area (Å²) in [6.45, 7) is 0. The summed E-state index contributed by atoms with van der Waals surface area (Å²) in [5, 5.41) is 16.4. The molecule has 7 heteroatoms. The molecule has 6 nitrogen and oxygen atoms in total. The zero-order valence-corrected chi connectivity index (χ0v) is 16.5. The molecule has 5 aromatic rings. The lowest BCUT2D eigenvalue weighted by molar-refractivity contribution is 0.414. The molecule has 0 aliphatic carbocycles. The third-order valence-corrected chi connectivity index (χ3v) is 5.71. The maximum atomic E-state index is 5.22. The standard InChI is InChI=1S/C22H17N5OS/c1-28-16-12-10-15(11-13-16)27-22(24-25-26-27)29-14-21-19-8-3-2-6-17(19)18-7-4-5-9-20(18)23-21/h2-13H,14H2,1H3. The minimum absolute atomic E-state index is 0.669. The smallest absolute Gasteiger partial charge is 0.214 e. The first-order chi connectivity index (χ1) is 14.3. The van der Waals surface area contributed by atoms with Gasteiger partial charge in [0, 0.05) is 16.5 Å². The zero-order chi connectivity index (χ0) is 19.6. The van der Waals surface area contributed by atoms with Gasteiger partial charge in [0.15, 0.2) is 0 Å². The predicted molar refractivity (Wildman–Crippen MR) is 115 cm³/mol.